The third-order valence-corrected chi connectivity index (χ3v) is 3.54. The fraction of sp³-hybridized carbons (Fsp3) is 0.692. The molecule has 1 aliphatic rings. The maximum atomic E-state index is 5.40. The number of aromatic nitrogens is 2. The molecule has 0 aliphatic heterocycles. The van der Waals surface area contributed by atoms with Crippen LogP contribution in [0.4, 0.5) is 11.6 Å². The highest BCUT2D eigenvalue weighted by Gasteiger charge is 2.28. The molecule has 5 nitrogen and oxygen atoms in total. The van der Waals surface area contributed by atoms with Crippen LogP contribution in [-0.2, 0) is 0 Å². The van der Waals surface area contributed by atoms with E-state index in [0.29, 0.717) is 17.3 Å². The second-order valence-electron chi connectivity index (χ2n) is 5.93. The molecule has 0 radical (unpaired) electrons. The molecule has 1 atom stereocenters. The van der Waals surface area contributed by atoms with E-state index in [2.05, 4.69) is 34.6 Å². The average molecular weight is 249 g/mol. The lowest BCUT2D eigenvalue weighted by atomic mass is 9.75. The molecule has 100 valence electrons. The van der Waals surface area contributed by atoms with E-state index in [9.17, 15) is 0 Å². The number of hydrazine groups is 1. The van der Waals surface area contributed by atoms with Gasteiger partial charge >= 0.3 is 0 Å². The summed E-state index contributed by atoms with van der Waals surface area (Å²) in [7, 11) is 0. The molecule has 0 bridgehead atoms. The summed E-state index contributed by atoms with van der Waals surface area (Å²) in [6.45, 7) is 6.54. The fourth-order valence-electron chi connectivity index (χ4n) is 2.75. The van der Waals surface area contributed by atoms with Crippen molar-refractivity contribution < 1.29 is 0 Å². The number of hydrogen-bond donors (Lipinski definition) is 3. The van der Waals surface area contributed by atoms with Crippen molar-refractivity contribution in [3.8, 4) is 0 Å². The number of hydrogen-bond acceptors (Lipinski definition) is 5. The number of nitrogens with two attached hydrogens (primary N) is 1. The maximum Gasteiger partial charge on any atom is 0.145 e. The van der Waals surface area contributed by atoms with Crippen LogP contribution in [-0.4, -0.2) is 16.0 Å². The van der Waals surface area contributed by atoms with Gasteiger partial charge in [-0.2, -0.15) is 0 Å². The summed E-state index contributed by atoms with van der Waals surface area (Å²) in [4.78, 5) is 8.59. The molecule has 1 unspecified atom stereocenters. The van der Waals surface area contributed by atoms with Crippen LogP contribution in [0.15, 0.2) is 6.07 Å². The van der Waals surface area contributed by atoms with Gasteiger partial charge in [0.25, 0.3) is 0 Å². The van der Waals surface area contributed by atoms with Gasteiger partial charge in [-0.25, -0.2) is 15.8 Å². The Morgan fingerprint density at radius 2 is 2.06 bits per heavy atom. The lowest BCUT2D eigenvalue weighted by Crippen LogP contribution is -2.32. The Morgan fingerprint density at radius 1 is 1.33 bits per heavy atom. The summed E-state index contributed by atoms with van der Waals surface area (Å²) >= 11 is 0. The Balaban J connectivity index is 2.07. The summed E-state index contributed by atoms with van der Waals surface area (Å²) in [6.07, 6.45) is 4.97. The first-order chi connectivity index (χ1) is 8.48. The van der Waals surface area contributed by atoms with E-state index in [-0.39, 0.29) is 0 Å². The first-order valence-electron chi connectivity index (χ1n) is 6.57. The monoisotopic (exact) mass is 249 g/mol. The molecule has 0 saturated heterocycles. The normalized spacial score (nSPS) is 22.6. The molecule has 1 fully saturated rings. The van der Waals surface area contributed by atoms with Gasteiger partial charge in [-0.05, 0) is 31.6 Å². The van der Waals surface area contributed by atoms with Crippen LogP contribution in [0.2, 0.25) is 0 Å². The van der Waals surface area contributed by atoms with Crippen LogP contribution in [0.3, 0.4) is 0 Å². The van der Waals surface area contributed by atoms with Crippen molar-refractivity contribution >= 4 is 11.6 Å². The van der Waals surface area contributed by atoms with Crippen LogP contribution < -0.4 is 16.6 Å². The molecular weight excluding hydrogens is 226 g/mol. The van der Waals surface area contributed by atoms with Crippen molar-refractivity contribution in [1.29, 1.82) is 0 Å². The smallest absolute Gasteiger partial charge is 0.145 e. The molecule has 1 heterocycles. The minimum atomic E-state index is 0.424. The van der Waals surface area contributed by atoms with Crippen LogP contribution in [0.1, 0.15) is 45.4 Å². The van der Waals surface area contributed by atoms with Crippen LogP contribution in [0.25, 0.3) is 0 Å². The number of nitrogen functional groups attached to an aromatic ring is 1. The maximum absolute atomic E-state index is 5.40. The van der Waals surface area contributed by atoms with Gasteiger partial charge in [0, 0.05) is 12.1 Å². The highest BCUT2D eigenvalue weighted by atomic mass is 15.3. The van der Waals surface area contributed by atoms with Crippen molar-refractivity contribution in [2.75, 3.05) is 10.7 Å². The third kappa shape index (κ3) is 3.32. The molecule has 5 heteroatoms. The summed E-state index contributed by atoms with van der Waals surface area (Å²) in [6, 6.07) is 2.35. The first-order valence-corrected chi connectivity index (χ1v) is 6.57. The van der Waals surface area contributed by atoms with E-state index in [1.165, 1.54) is 25.7 Å². The van der Waals surface area contributed by atoms with Gasteiger partial charge in [-0.3, -0.25) is 0 Å². The standard InChI is InChI=1S/C13H23N5/c1-9-15-11(7-12(16-9)18-14)17-10-5-4-6-13(2,3)8-10/h7,10H,4-6,8,14H2,1-3H3,(H2,15,16,17,18). The second kappa shape index (κ2) is 5.10. The number of nitrogens with one attached hydrogen (secondary N) is 2. The zero-order chi connectivity index (χ0) is 13.2. The third-order valence-electron chi connectivity index (χ3n) is 3.54. The van der Waals surface area contributed by atoms with Gasteiger partial charge in [0.2, 0.25) is 0 Å². The van der Waals surface area contributed by atoms with Crippen LogP contribution in [0, 0.1) is 12.3 Å². The summed E-state index contributed by atoms with van der Waals surface area (Å²) in [5, 5.41) is 3.51. The van der Waals surface area contributed by atoms with Gasteiger partial charge in [0.05, 0.1) is 0 Å². The van der Waals surface area contributed by atoms with E-state index >= 15 is 0 Å². The summed E-state index contributed by atoms with van der Waals surface area (Å²) < 4.78 is 0. The SMILES string of the molecule is Cc1nc(NN)cc(NC2CCCC(C)(C)C2)n1. The van der Waals surface area contributed by atoms with Crippen molar-refractivity contribution in [2.45, 2.75) is 52.5 Å². The molecule has 0 aromatic carbocycles. The predicted octanol–water partition coefficient (Wildman–Crippen LogP) is 2.45. The Morgan fingerprint density at radius 3 is 2.72 bits per heavy atom. The Labute approximate surface area is 109 Å². The lowest BCUT2D eigenvalue weighted by molar-refractivity contribution is 0.229. The fourth-order valence-corrected chi connectivity index (χ4v) is 2.75. The Bertz CT molecular complexity index is 416. The van der Waals surface area contributed by atoms with Crippen LogP contribution >= 0.6 is 0 Å². The molecule has 2 rings (SSSR count). The highest BCUT2D eigenvalue weighted by molar-refractivity contribution is 5.47. The highest BCUT2D eigenvalue weighted by Crippen LogP contribution is 2.36. The van der Waals surface area contributed by atoms with Crippen molar-refractivity contribution in [3.63, 3.8) is 0 Å². The molecule has 1 saturated carbocycles. The Kier molecular flexibility index (Phi) is 3.71. The molecule has 1 aliphatic carbocycles. The summed E-state index contributed by atoms with van der Waals surface area (Å²) in [5.74, 6) is 7.63. The first kappa shape index (κ1) is 13.1. The largest absolute Gasteiger partial charge is 0.367 e. The molecule has 0 spiro atoms. The van der Waals surface area contributed by atoms with Gasteiger partial charge < -0.3 is 10.7 Å². The zero-order valence-electron chi connectivity index (χ0n) is 11.5. The van der Waals surface area contributed by atoms with E-state index in [4.69, 9.17) is 5.84 Å². The van der Waals surface area contributed by atoms with Gasteiger partial charge in [-0.1, -0.05) is 20.3 Å². The number of nitrogens with zero attached hydrogens (tertiary/aromatic N) is 2. The molecule has 1 aromatic rings. The Hall–Kier alpha value is -1.36. The van der Waals surface area contributed by atoms with Crippen molar-refractivity contribution in [2.24, 2.45) is 11.3 Å². The minimum Gasteiger partial charge on any atom is -0.367 e. The van der Waals surface area contributed by atoms with E-state index in [1.807, 2.05) is 13.0 Å². The predicted molar refractivity (Wildman–Crippen MR) is 74.2 cm³/mol. The van der Waals surface area contributed by atoms with Crippen molar-refractivity contribution in [1.82, 2.24) is 9.97 Å². The van der Waals surface area contributed by atoms with E-state index < -0.39 is 0 Å². The second-order valence-corrected chi connectivity index (χ2v) is 5.93. The number of rotatable bonds is 3. The molecular formula is C13H23N5. The lowest BCUT2D eigenvalue weighted by Gasteiger charge is -2.35. The summed E-state index contributed by atoms with van der Waals surface area (Å²) in [5.41, 5.74) is 2.99. The van der Waals surface area contributed by atoms with Gasteiger partial charge in [0.1, 0.15) is 17.5 Å². The quantitative estimate of drug-likeness (QED) is 0.566. The molecule has 1 aromatic heterocycles. The molecule has 0 amide bonds. The molecule has 4 N–H and O–H groups in total. The number of aryl methyl sites for hydroxylation is 1. The van der Waals surface area contributed by atoms with Gasteiger partial charge in [-0.15, -0.1) is 0 Å². The van der Waals surface area contributed by atoms with E-state index in [1.54, 1.807) is 0 Å². The molecule has 18 heavy (non-hydrogen) atoms. The zero-order valence-corrected chi connectivity index (χ0v) is 11.5. The minimum absolute atomic E-state index is 0.424. The van der Waals surface area contributed by atoms with Crippen molar-refractivity contribution in [3.05, 3.63) is 11.9 Å². The van der Waals surface area contributed by atoms with Crippen LogP contribution in [0.5, 0.6) is 0 Å². The average Bonchev–Trinajstić information content (AvgIpc) is 2.26. The van der Waals surface area contributed by atoms with Gasteiger partial charge in [0.15, 0.2) is 0 Å². The number of anilines is 2. The van der Waals surface area contributed by atoms with E-state index in [0.717, 1.165) is 11.6 Å². The topological polar surface area (TPSA) is 75.9 Å².